The lowest BCUT2D eigenvalue weighted by Crippen LogP contribution is -2.51. The van der Waals surface area contributed by atoms with Crippen molar-refractivity contribution in [3.05, 3.63) is 29.5 Å². The van der Waals surface area contributed by atoms with Crippen LogP contribution in [0.3, 0.4) is 0 Å². The van der Waals surface area contributed by atoms with Gasteiger partial charge in [0.25, 0.3) is 5.91 Å². The molecule has 1 fully saturated rings. The Balaban J connectivity index is 1.77. The maximum Gasteiger partial charge on any atom is 0.334 e. The summed E-state index contributed by atoms with van der Waals surface area (Å²) in [7, 11) is 0. The van der Waals surface area contributed by atoms with Gasteiger partial charge in [0.2, 0.25) is 0 Å². The number of amides is 1. The first kappa shape index (κ1) is 14.7. The summed E-state index contributed by atoms with van der Waals surface area (Å²) in [5, 5.41) is 9.69. The van der Waals surface area contributed by atoms with Crippen LogP contribution in [0.1, 0.15) is 16.6 Å². The van der Waals surface area contributed by atoms with Crippen molar-refractivity contribution in [2.45, 2.75) is 19.1 Å². The summed E-state index contributed by atoms with van der Waals surface area (Å²) in [6.07, 6.45) is 1.71. The first-order valence-corrected chi connectivity index (χ1v) is 7.53. The highest BCUT2D eigenvalue weighted by Crippen LogP contribution is 2.27. The van der Waals surface area contributed by atoms with Gasteiger partial charge in [-0.05, 0) is 19.1 Å². The fraction of sp³-hybridized carbons (Fsp3) is 0.357. The van der Waals surface area contributed by atoms with Crippen LogP contribution in [0.25, 0.3) is 10.8 Å². The van der Waals surface area contributed by atoms with Crippen molar-refractivity contribution in [2.75, 3.05) is 13.1 Å². The van der Waals surface area contributed by atoms with Crippen LogP contribution in [-0.2, 0) is 9.53 Å². The molecule has 1 unspecified atom stereocenters. The summed E-state index contributed by atoms with van der Waals surface area (Å²) < 4.78 is 10.6. The van der Waals surface area contributed by atoms with E-state index in [0.717, 1.165) is 0 Å². The summed E-state index contributed by atoms with van der Waals surface area (Å²) in [6.45, 7) is 2.14. The van der Waals surface area contributed by atoms with Gasteiger partial charge < -0.3 is 19.2 Å². The predicted molar refractivity (Wildman–Crippen MR) is 77.7 cm³/mol. The fourth-order valence-electron chi connectivity index (χ4n) is 2.30. The Labute approximate surface area is 130 Å². The molecule has 0 radical (unpaired) electrons. The normalized spacial score (nSPS) is 21.8. The Morgan fingerprint density at radius 2 is 2.27 bits per heavy atom. The van der Waals surface area contributed by atoms with Crippen LogP contribution in [-0.4, -0.2) is 52.2 Å². The van der Waals surface area contributed by atoms with Crippen molar-refractivity contribution in [1.29, 1.82) is 0 Å². The maximum absolute atomic E-state index is 12.5. The molecule has 1 saturated heterocycles. The second kappa shape index (κ2) is 5.90. The molecule has 2 aromatic heterocycles. The molecule has 1 aliphatic heterocycles. The molecule has 8 heteroatoms. The van der Waals surface area contributed by atoms with E-state index >= 15 is 0 Å². The highest BCUT2D eigenvalue weighted by molar-refractivity contribution is 7.16. The number of morpholine rings is 1. The zero-order valence-electron chi connectivity index (χ0n) is 11.8. The molecular weight excluding hydrogens is 308 g/mol. The predicted octanol–water partition coefficient (Wildman–Crippen LogP) is 1.72. The molecular formula is C14H14N2O5S. The molecule has 1 aliphatic rings. The molecule has 0 saturated carbocycles. The van der Waals surface area contributed by atoms with Crippen LogP contribution in [0.5, 0.6) is 0 Å². The third-order valence-corrected chi connectivity index (χ3v) is 4.27. The van der Waals surface area contributed by atoms with Crippen LogP contribution < -0.4 is 0 Å². The Hall–Kier alpha value is -2.19. The number of nitrogens with zero attached hydrogens (tertiary/aromatic N) is 2. The molecule has 0 aliphatic carbocycles. The number of rotatable bonds is 3. The molecule has 0 spiro atoms. The van der Waals surface area contributed by atoms with E-state index in [0.29, 0.717) is 22.2 Å². The second-order valence-corrected chi connectivity index (χ2v) is 6.02. The van der Waals surface area contributed by atoms with E-state index in [1.54, 1.807) is 25.3 Å². The Morgan fingerprint density at radius 3 is 2.95 bits per heavy atom. The number of ether oxygens (including phenoxy) is 1. The largest absolute Gasteiger partial charge is 0.479 e. The van der Waals surface area contributed by atoms with Crippen LogP contribution in [0.15, 0.2) is 29.0 Å². The van der Waals surface area contributed by atoms with Crippen LogP contribution >= 0.6 is 11.3 Å². The zero-order valence-corrected chi connectivity index (χ0v) is 12.6. The number of aliphatic carboxylic acids is 1. The number of carboxylic acid groups (broad SMARTS) is 1. The van der Waals surface area contributed by atoms with Gasteiger partial charge in [-0.15, -0.1) is 11.3 Å². The molecule has 22 heavy (non-hydrogen) atoms. The SMILES string of the molecule is C[C@@H]1CN(C(=O)c2cnc(-c3ccco3)s2)CC(C(=O)O)O1. The summed E-state index contributed by atoms with van der Waals surface area (Å²) >= 11 is 1.22. The van der Waals surface area contributed by atoms with Crippen LogP contribution in [0.2, 0.25) is 0 Å². The fourth-order valence-corrected chi connectivity index (χ4v) is 3.15. The number of carboxylic acids is 1. The van der Waals surface area contributed by atoms with E-state index in [1.165, 1.54) is 22.4 Å². The van der Waals surface area contributed by atoms with Gasteiger partial charge in [-0.25, -0.2) is 9.78 Å². The number of carbonyl (C=O) groups is 2. The summed E-state index contributed by atoms with van der Waals surface area (Å²) in [5.74, 6) is -0.704. The van der Waals surface area contributed by atoms with Crippen LogP contribution in [0.4, 0.5) is 0 Å². The number of furan rings is 1. The first-order valence-electron chi connectivity index (χ1n) is 6.72. The van der Waals surface area contributed by atoms with Gasteiger partial charge in [0.05, 0.1) is 25.1 Å². The zero-order chi connectivity index (χ0) is 15.7. The number of hydrogen-bond acceptors (Lipinski definition) is 6. The van der Waals surface area contributed by atoms with Crippen molar-refractivity contribution in [2.24, 2.45) is 0 Å². The number of aromatic nitrogens is 1. The molecule has 3 rings (SSSR count). The van der Waals surface area contributed by atoms with Crippen LogP contribution in [0, 0.1) is 0 Å². The highest BCUT2D eigenvalue weighted by Gasteiger charge is 2.33. The van der Waals surface area contributed by atoms with Crippen molar-refractivity contribution in [3.8, 4) is 10.8 Å². The van der Waals surface area contributed by atoms with Gasteiger partial charge in [0.1, 0.15) is 4.88 Å². The number of thiazole rings is 1. The molecule has 2 atom stereocenters. The smallest absolute Gasteiger partial charge is 0.334 e. The molecule has 3 heterocycles. The average molecular weight is 322 g/mol. The second-order valence-electron chi connectivity index (χ2n) is 4.99. The van der Waals surface area contributed by atoms with Gasteiger partial charge in [0, 0.05) is 6.54 Å². The van der Waals surface area contributed by atoms with Gasteiger partial charge >= 0.3 is 5.97 Å². The molecule has 2 aromatic rings. The summed E-state index contributed by atoms with van der Waals surface area (Å²) in [5.41, 5.74) is 0. The van der Waals surface area contributed by atoms with E-state index in [4.69, 9.17) is 14.3 Å². The molecule has 0 bridgehead atoms. The monoisotopic (exact) mass is 322 g/mol. The Bertz CT molecular complexity index is 681. The molecule has 1 amide bonds. The number of hydrogen-bond donors (Lipinski definition) is 1. The van der Waals surface area contributed by atoms with Crippen molar-refractivity contribution in [3.63, 3.8) is 0 Å². The molecule has 0 aromatic carbocycles. The van der Waals surface area contributed by atoms with E-state index in [9.17, 15) is 9.59 Å². The third-order valence-electron chi connectivity index (χ3n) is 3.27. The van der Waals surface area contributed by atoms with Crippen molar-refractivity contribution >= 4 is 23.2 Å². The van der Waals surface area contributed by atoms with Gasteiger partial charge in [-0.2, -0.15) is 0 Å². The lowest BCUT2D eigenvalue weighted by molar-refractivity contribution is -0.160. The van der Waals surface area contributed by atoms with Gasteiger partial charge in [-0.1, -0.05) is 0 Å². The molecule has 116 valence electrons. The Morgan fingerprint density at radius 1 is 1.45 bits per heavy atom. The minimum absolute atomic E-state index is 0.0342. The quantitative estimate of drug-likeness (QED) is 0.925. The maximum atomic E-state index is 12.5. The summed E-state index contributed by atoms with van der Waals surface area (Å²) in [6, 6.07) is 3.52. The molecule has 7 nitrogen and oxygen atoms in total. The topological polar surface area (TPSA) is 92.9 Å². The lowest BCUT2D eigenvalue weighted by Gasteiger charge is -2.34. The van der Waals surface area contributed by atoms with E-state index < -0.39 is 12.1 Å². The highest BCUT2D eigenvalue weighted by atomic mass is 32.1. The minimum atomic E-state index is -1.06. The summed E-state index contributed by atoms with van der Waals surface area (Å²) in [4.78, 5) is 29.7. The number of carbonyl (C=O) groups excluding carboxylic acids is 1. The lowest BCUT2D eigenvalue weighted by atomic mass is 10.2. The Kier molecular flexibility index (Phi) is 3.95. The van der Waals surface area contributed by atoms with Gasteiger partial charge in [0.15, 0.2) is 16.9 Å². The first-order chi connectivity index (χ1) is 10.5. The van der Waals surface area contributed by atoms with E-state index in [1.807, 2.05) is 0 Å². The van der Waals surface area contributed by atoms with Crippen molar-refractivity contribution < 1.29 is 23.8 Å². The van der Waals surface area contributed by atoms with Crippen molar-refractivity contribution in [1.82, 2.24) is 9.88 Å². The standard InChI is InChI=1S/C14H14N2O5S/c1-8-6-16(7-10(21-8)14(18)19)13(17)11-5-15-12(22-11)9-3-2-4-20-9/h2-5,8,10H,6-7H2,1H3,(H,18,19)/t8-,10?/m1/s1. The van der Waals surface area contributed by atoms with Gasteiger partial charge in [-0.3, -0.25) is 4.79 Å². The third kappa shape index (κ3) is 2.88. The minimum Gasteiger partial charge on any atom is -0.479 e. The molecule has 1 N–H and O–H groups in total. The van der Waals surface area contributed by atoms with E-state index in [-0.39, 0.29) is 18.6 Å². The van der Waals surface area contributed by atoms with E-state index in [2.05, 4.69) is 4.98 Å². The average Bonchev–Trinajstić information content (AvgIpc) is 3.16.